The molecular formula is C22H20ClN5O. The Bertz CT molecular complexity index is 1160. The largest absolute Gasteiger partial charge is 0.369 e. The Balaban J connectivity index is 1.81. The van der Waals surface area contributed by atoms with Crippen LogP contribution in [0.5, 0.6) is 0 Å². The zero-order valence-corrected chi connectivity index (χ0v) is 16.9. The molecule has 0 saturated carbocycles. The van der Waals surface area contributed by atoms with Crippen molar-refractivity contribution in [3.63, 3.8) is 0 Å². The molecule has 1 amide bonds. The van der Waals surface area contributed by atoms with Crippen LogP contribution in [0.3, 0.4) is 0 Å². The number of fused-ring (bicyclic) bond motifs is 1. The van der Waals surface area contributed by atoms with Gasteiger partial charge in [0, 0.05) is 29.6 Å². The lowest BCUT2D eigenvalue weighted by molar-refractivity contribution is -0.118. The molecule has 0 spiro atoms. The van der Waals surface area contributed by atoms with Gasteiger partial charge in [-0.05, 0) is 35.6 Å². The number of benzene rings is 1. The quantitative estimate of drug-likeness (QED) is 0.715. The van der Waals surface area contributed by atoms with Gasteiger partial charge in [-0.25, -0.2) is 0 Å². The van der Waals surface area contributed by atoms with Crippen molar-refractivity contribution in [3.8, 4) is 17.2 Å². The van der Waals surface area contributed by atoms with Gasteiger partial charge in [-0.2, -0.15) is 10.4 Å². The molecule has 1 aliphatic heterocycles. The number of pyridine rings is 1. The van der Waals surface area contributed by atoms with E-state index in [1.807, 2.05) is 10.9 Å². The van der Waals surface area contributed by atoms with Gasteiger partial charge in [0.2, 0.25) is 5.91 Å². The lowest BCUT2D eigenvalue weighted by Gasteiger charge is -2.16. The SMILES string of the molecule is CC1(C)Cc2c(-c3cc(C(C(N)=O)c4cccc(C#N)c4)ncc3Cl)cnn2C1. The second-order valence-electron chi connectivity index (χ2n) is 8.17. The first kappa shape index (κ1) is 19.2. The molecule has 0 aliphatic carbocycles. The highest BCUT2D eigenvalue weighted by Crippen LogP contribution is 2.39. The fourth-order valence-electron chi connectivity index (χ4n) is 3.96. The van der Waals surface area contributed by atoms with Crippen LogP contribution >= 0.6 is 11.6 Å². The summed E-state index contributed by atoms with van der Waals surface area (Å²) in [4.78, 5) is 16.7. The molecule has 3 aromatic rings. The van der Waals surface area contributed by atoms with Gasteiger partial charge in [-0.1, -0.05) is 37.6 Å². The summed E-state index contributed by atoms with van der Waals surface area (Å²) in [7, 11) is 0. The summed E-state index contributed by atoms with van der Waals surface area (Å²) in [5.74, 6) is -1.32. The predicted molar refractivity (Wildman–Crippen MR) is 110 cm³/mol. The third-order valence-corrected chi connectivity index (χ3v) is 5.57. The van der Waals surface area contributed by atoms with Crippen LogP contribution in [0.1, 0.15) is 42.3 Å². The smallest absolute Gasteiger partial charge is 0.231 e. The highest BCUT2D eigenvalue weighted by Gasteiger charge is 2.32. The summed E-state index contributed by atoms with van der Waals surface area (Å²) >= 11 is 6.48. The number of nitriles is 1. The van der Waals surface area contributed by atoms with Crippen LogP contribution < -0.4 is 5.73 Å². The lowest BCUT2D eigenvalue weighted by Crippen LogP contribution is -2.23. The van der Waals surface area contributed by atoms with Gasteiger partial charge in [0.25, 0.3) is 0 Å². The number of carbonyl (C=O) groups excluding carboxylic acids is 1. The number of nitrogens with zero attached hydrogens (tertiary/aromatic N) is 4. The highest BCUT2D eigenvalue weighted by atomic mass is 35.5. The molecule has 29 heavy (non-hydrogen) atoms. The molecule has 1 aliphatic rings. The van der Waals surface area contributed by atoms with E-state index in [1.54, 1.807) is 36.5 Å². The number of amides is 1. The zero-order valence-electron chi connectivity index (χ0n) is 16.2. The van der Waals surface area contributed by atoms with Gasteiger partial charge in [-0.3, -0.25) is 14.5 Å². The van der Waals surface area contributed by atoms with E-state index in [2.05, 4.69) is 30.0 Å². The number of rotatable bonds is 4. The van der Waals surface area contributed by atoms with Gasteiger partial charge in [-0.15, -0.1) is 0 Å². The predicted octanol–water partition coefficient (Wildman–Crippen LogP) is 3.67. The monoisotopic (exact) mass is 405 g/mol. The molecule has 2 N–H and O–H groups in total. The van der Waals surface area contributed by atoms with Crippen LogP contribution in [-0.2, 0) is 17.8 Å². The van der Waals surface area contributed by atoms with E-state index in [0.717, 1.165) is 29.8 Å². The zero-order chi connectivity index (χ0) is 20.8. The minimum Gasteiger partial charge on any atom is -0.369 e. The summed E-state index contributed by atoms with van der Waals surface area (Å²) in [6.45, 7) is 5.26. The van der Waals surface area contributed by atoms with Gasteiger partial charge < -0.3 is 5.73 Å². The summed E-state index contributed by atoms with van der Waals surface area (Å²) in [6.07, 6.45) is 4.24. The third kappa shape index (κ3) is 3.50. The van der Waals surface area contributed by atoms with E-state index >= 15 is 0 Å². The van der Waals surface area contributed by atoms with Crippen LogP contribution in [0.2, 0.25) is 5.02 Å². The van der Waals surface area contributed by atoms with E-state index in [1.165, 1.54) is 0 Å². The number of aromatic nitrogens is 3. The number of halogens is 1. The fourth-order valence-corrected chi connectivity index (χ4v) is 4.17. The Morgan fingerprint density at radius 3 is 2.83 bits per heavy atom. The first-order valence-electron chi connectivity index (χ1n) is 9.29. The Labute approximate surface area is 173 Å². The summed E-state index contributed by atoms with van der Waals surface area (Å²) in [6, 6.07) is 10.7. The Hall–Kier alpha value is -3.17. The molecule has 1 unspecified atom stereocenters. The van der Waals surface area contributed by atoms with Crippen molar-refractivity contribution in [2.45, 2.75) is 32.7 Å². The Kier molecular flexibility index (Phi) is 4.64. The van der Waals surface area contributed by atoms with Gasteiger partial charge in [0.05, 0.1) is 28.5 Å². The maximum atomic E-state index is 12.3. The second-order valence-corrected chi connectivity index (χ2v) is 8.57. The van der Waals surface area contributed by atoms with Crippen molar-refractivity contribution in [1.82, 2.24) is 14.8 Å². The number of primary amides is 1. The summed E-state index contributed by atoms with van der Waals surface area (Å²) < 4.78 is 2.01. The molecule has 0 bridgehead atoms. The highest BCUT2D eigenvalue weighted by molar-refractivity contribution is 6.33. The minimum absolute atomic E-state index is 0.133. The molecule has 1 atom stereocenters. The van der Waals surface area contributed by atoms with E-state index in [0.29, 0.717) is 21.8 Å². The van der Waals surface area contributed by atoms with Crippen LogP contribution in [0.25, 0.3) is 11.1 Å². The van der Waals surface area contributed by atoms with E-state index in [9.17, 15) is 10.1 Å². The van der Waals surface area contributed by atoms with Gasteiger partial charge in [0.1, 0.15) is 5.92 Å². The molecule has 0 radical (unpaired) electrons. The molecule has 3 heterocycles. The maximum absolute atomic E-state index is 12.3. The number of carbonyl (C=O) groups is 1. The normalized spacial score (nSPS) is 15.5. The minimum atomic E-state index is -0.778. The van der Waals surface area contributed by atoms with Crippen LogP contribution in [-0.4, -0.2) is 20.7 Å². The third-order valence-electron chi connectivity index (χ3n) is 5.27. The van der Waals surface area contributed by atoms with Crippen molar-refractivity contribution in [3.05, 3.63) is 70.3 Å². The van der Waals surface area contributed by atoms with Crippen LogP contribution in [0, 0.1) is 16.7 Å². The molecule has 0 fully saturated rings. The van der Waals surface area contributed by atoms with Crippen molar-refractivity contribution in [2.75, 3.05) is 0 Å². The summed E-state index contributed by atoms with van der Waals surface area (Å²) in [5.41, 5.74) is 10.3. The Morgan fingerprint density at radius 2 is 2.10 bits per heavy atom. The average molecular weight is 406 g/mol. The molecule has 1 aromatic carbocycles. The van der Waals surface area contributed by atoms with Crippen molar-refractivity contribution >= 4 is 17.5 Å². The van der Waals surface area contributed by atoms with Crippen molar-refractivity contribution < 1.29 is 4.79 Å². The Morgan fingerprint density at radius 1 is 1.31 bits per heavy atom. The first-order valence-corrected chi connectivity index (χ1v) is 9.67. The van der Waals surface area contributed by atoms with Crippen LogP contribution in [0.15, 0.2) is 42.7 Å². The first-order chi connectivity index (χ1) is 13.8. The molecule has 146 valence electrons. The fraction of sp³-hybridized carbons (Fsp3) is 0.273. The van der Waals surface area contributed by atoms with E-state index < -0.39 is 11.8 Å². The maximum Gasteiger partial charge on any atom is 0.231 e. The van der Waals surface area contributed by atoms with Gasteiger partial charge >= 0.3 is 0 Å². The molecule has 4 rings (SSSR count). The number of hydrogen-bond donors (Lipinski definition) is 1. The van der Waals surface area contributed by atoms with Crippen LogP contribution in [0.4, 0.5) is 0 Å². The van der Waals surface area contributed by atoms with Crippen molar-refractivity contribution in [2.24, 2.45) is 11.1 Å². The molecule has 6 nitrogen and oxygen atoms in total. The molecule has 7 heteroatoms. The molecular weight excluding hydrogens is 386 g/mol. The van der Waals surface area contributed by atoms with Crippen molar-refractivity contribution in [1.29, 1.82) is 5.26 Å². The summed E-state index contributed by atoms with van der Waals surface area (Å²) in [5, 5.41) is 14.2. The number of hydrogen-bond acceptors (Lipinski definition) is 4. The molecule has 2 aromatic heterocycles. The van der Waals surface area contributed by atoms with Gasteiger partial charge in [0.15, 0.2) is 0 Å². The lowest BCUT2D eigenvalue weighted by atomic mass is 9.89. The molecule has 0 saturated heterocycles. The standard InChI is InChI=1S/C22H20ClN5O/c1-22(2)8-19-16(10-27-28(19)12-22)15-7-18(26-11-17(15)23)20(21(25)29)14-5-3-4-13(6-14)9-24/h3-7,10-11,20H,8,12H2,1-2H3,(H2,25,29). The second kappa shape index (κ2) is 7.02. The van der Waals surface area contributed by atoms with E-state index in [-0.39, 0.29) is 5.41 Å². The average Bonchev–Trinajstić information content (AvgIpc) is 3.18. The number of nitrogens with two attached hydrogens (primary N) is 1. The topological polar surface area (TPSA) is 97.6 Å². The van der Waals surface area contributed by atoms with E-state index in [4.69, 9.17) is 17.3 Å².